The highest BCUT2D eigenvalue weighted by molar-refractivity contribution is 5.94. The molecule has 0 aliphatic carbocycles. The fourth-order valence-electron chi connectivity index (χ4n) is 5.73. The molecule has 1 aromatic heterocycles. The van der Waals surface area contributed by atoms with Gasteiger partial charge >= 0.3 is 11.9 Å². The molecule has 15 nitrogen and oxygen atoms in total. The van der Waals surface area contributed by atoms with Gasteiger partial charge in [0.2, 0.25) is 23.6 Å². The lowest BCUT2D eigenvalue weighted by Gasteiger charge is -2.30. The van der Waals surface area contributed by atoms with Gasteiger partial charge in [-0.25, -0.2) is 0 Å². The highest BCUT2D eigenvalue weighted by atomic mass is 16.5. The Morgan fingerprint density at radius 3 is 2.31 bits per heavy atom. The van der Waals surface area contributed by atoms with Crippen LogP contribution in [0, 0.1) is 5.92 Å². The molecule has 4 amide bonds. The fourth-order valence-corrected chi connectivity index (χ4v) is 5.73. The number of likely N-dealkylation sites (tertiary alicyclic amines) is 1. The number of carboxylic acids is 2. The van der Waals surface area contributed by atoms with E-state index < -0.39 is 72.8 Å². The Balaban J connectivity index is 1.83. The van der Waals surface area contributed by atoms with Gasteiger partial charge in [0.25, 0.3) is 0 Å². The van der Waals surface area contributed by atoms with E-state index in [-0.39, 0.29) is 37.6 Å². The third-order valence-corrected chi connectivity index (χ3v) is 8.49. The summed E-state index contributed by atoms with van der Waals surface area (Å²) >= 11 is 0. The Hall–Kier alpha value is -5.05. The predicted molar refractivity (Wildman–Crippen MR) is 175 cm³/mol. The number of aromatic nitrogens is 1. The zero-order valence-electron chi connectivity index (χ0n) is 27.8. The van der Waals surface area contributed by atoms with Crippen molar-refractivity contribution in [3.63, 3.8) is 0 Å². The first-order chi connectivity index (χ1) is 23.3. The quantitative estimate of drug-likeness (QED) is 0.122. The van der Waals surface area contributed by atoms with Crippen molar-refractivity contribution in [2.45, 2.75) is 89.1 Å². The van der Waals surface area contributed by atoms with Gasteiger partial charge in [-0.2, -0.15) is 0 Å². The average Bonchev–Trinajstić information content (AvgIpc) is 3.49. The van der Waals surface area contributed by atoms with E-state index in [2.05, 4.69) is 20.9 Å². The summed E-state index contributed by atoms with van der Waals surface area (Å²) in [6.45, 7) is 3.60. The van der Waals surface area contributed by atoms with E-state index in [0.717, 1.165) is 10.5 Å². The number of carbonyl (C=O) groups is 6. The van der Waals surface area contributed by atoms with Crippen LogP contribution in [-0.2, 0) is 35.2 Å². The third-order valence-electron chi connectivity index (χ3n) is 8.49. The van der Waals surface area contributed by atoms with Gasteiger partial charge in [-0.1, -0.05) is 38.5 Å². The van der Waals surface area contributed by atoms with Crippen molar-refractivity contribution in [3.05, 3.63) is 59.9 Å². The SMILES string of the molecule is CCC(C)C(C(=O)N[C@@H](CCC(=O)O)C(=O)N1C[C@@H](NC(=O)CCc2ccc(OC)cc2)C[C@H]1C(=O)N[C@H](O)CC(=O)O)c1ccccn1. The Kier molecular flexibility index (Phi) is 14.5. The Morgan fingerprint density at radius 2 is 1.71 bits per heavy atom. The molecule has 49 heavy (non-hydrogen) atoms. The van der Waals surface area contributed by atoms with Crippen LogP contribution in [0.1, 0.15) is 69.5 Å². The number of ether oxygens (including phenoxy) is 1. The average molecular weight is 684 g/mol. The molecule has 6 N–H and O–H groups in total. The number of nitrogens with zero attached hydrogens (tertiary/aromatic N) is 2. The molecule has 0 saturated carbocycles. The maximum atomic E-state index is 14.1. The minimum atomic E-state index is -1.75. The van der Waals surface area contributed by atoms with Crippen molar-refractivity contribution >= 4 is 35.6 Å². The summed E-state index contributed by atoms with van der Waals surface area (Å²) in [5.41, 5.74) is 1.37. The summed E-state index contributed by atoms with van der Waals surface area (Å²) in [4.78, 5) is 82.1. The van der Waals surface area contributed by atoms with E-state index in [0.29, 0.717) is 24.3 Å². The minimum absolute atomic E-state index is 0.0747. The van der Waals surface area contributed by atoms with Crippen LogP contribution in [0.5, 0.6) is 5.75 Å². The van der Waals surface area contributed by atoms with Gasteiger partial charge < -0.3 is 40.9 Å². The van der Waals surface area contributed by atoms with E-state index >= 15 is 0 Å². The smallest absolute Gasteiger partial charge is 0.307 e. The molecule has 2 heterocycles. The summed E-state index contributed by atoms with van der Waals surface area (Å²) in [6, 6.07) is 8.99. The second-order valence-corrected chi connectivity index (χ2v) is 12.1. The number of aryl methyl sites for hydroxylation is 1. The largest absolute Gasteiger partial charge is 0.497 e. The molecule has 1 aromatic carbocycles. The highest BCUT2D eigenvalue weighted by Crippen LogP contribution is 2.27. The normalized spacial score (nSPS) is 18.0. The summed E-state index contributed by atoms with van der Waals surface area (Å²) in [5.74, 6) is -5.37. The zero-order chi connectivity index (χ0) is 36.1. The van der Waals surface area contributed by atoms with Crippen molar-refractivity contribution in [2.24, 2.45) is 5.92 Å². The van der Waals surface area contributed by atoms with Crippen LogP contribution < -0.4 is 20.7 Å². The van der Waals surface area contributed by atoms with Gasteiger partial charge in [0.1, 0.15) is 24.1 Å². The van der Waals surface area contributed by atoms with Gasteiger partial charge in [-0.05, 0) is 55.0 Å². The summed E-state index contributed by atoms with van der Waals surface area (Å²) in [6.07, 6.45) is -0.716. The van der Waals surface area contributed by atoms with Gasteiger partial charge in [0.15, 0.2) is 0 Å². The number of benzene rings is 1. The molecule has 1 saturated heterocycles. The van der Waals surface area contributed by atoms with Crippen LogP contribution in [0.4, 0.5) is 0 Å². The molecule has 15 heteroatoms. The number of rotatable bonds is 18. The molecular weight excluding hydrogens is 638 g/mol. The van der Waals surface area contributed by atoms with Crippen molar-refractivity contribution in [2.75, 3.05) is 13.7 Å². The van der Waals surface area contributed by atoms with E-state index in [4.69, 9.17) is 9.84 Å². The third kappa shape index (κ3) is 11.6. The lowest BCUT2D eigenvalue weighted by atomic mass is 9.87. The summed E-state index contributed by atoms with van der Waals surface area (Å²) in [7, 11) is 1.55. The maximum Gasteiger partial charge on any atom is 0.307 e. The number of aliphatic hydroxyl groups excluding tert-OH is 1. The van der Waals surface area contributed by atoms with Crippen molar-refractivity contribution in [1.82, 2.24) is 25.8 Å². The van der Waals surface area contributed by atoms with Crippen LogP contribution in [0.15, 0.2) is 48.7 Å². The Morgan fingerprint density at radius 1 is 1.00 bits per heavy atom. The van der Waals surface area contributed by atoms with Crippen LogP contribution in [0.2, 0.25) is 0 Å². The molecule has 1 fully saturated rings. The Labute approximate surface area is 284 Å². The van der Waals surface area contributed by atoms with E-state index in [1.54, 1.807) is 43.6 Å². The second kappa shape index (κ2) is 18.5. The molecular formula is C34H45N5O10. The topological polar surface area (TPSA) is 225 Å². The molecule has 6 atom stereocenters. The highest BCUT2D eigenvalue weighted by Gasteiger charge is 2.43. The van der Waals surface area contributed by atoms with Gasteiger partial charge in [-0.3, -0.25) is 33.8 Å². The second-order valence-electron chi connectivity index (χ2n) is 12.1. The number of hydrogen-bond acceptors (Lipinski definition) is 9. The van der Waals surface area contributed by atoms with Crippen LogP contribution in [-0.4, -0.2) is 98.8 Å². The number of amides is 4. The molecule has 0 spiro atoms. The molecule has 1 aliphatic rings. The van der Waals surface area contributed by atoms with Crippen molar-refractivity contribution in [3.8, 4) is 5.75 Å². The fraction of sp³-hybridized carbons (Fsp3) is 0.500. The van der Waals surface area contributed by atoms with Gasteiger partial charge in [0, 0.05) is 31.6 Å². The molecule has 0 bridgehead atoms. The first kappa shape index (κ1) is 38.4. The molecule has 0 radical (unpaired) electrons. The lowest BCUT2D eigenvalue weighted by molar-refractivity contribution is -0.145. The maximum absolute atomic E-state index is 14.1. The molecule has 1 aliphatic heterocycles. The minimum Gasteiger partial charge on any atom is -0.497 e. The van der Waals surface area contributed by atoms with Gasteiger partial charge in [-0.15, -0.1) is 0 Å². The van der Waals surface area contributed by atoms with Crippen LogP contribution >= 0.6 is 0 Å². The van der Waals surface area contributed by atoms with E-state index in [1.807, 2.05) is 26.0 Å². The number of aliphatic carboxylic acids is 2. The zero-order valence-corrected chi connectivity index (χ0v) is 27.8. The Bertz CT molecular complexity index is 1460. The van der Waals surface area contributed by atoms with Crippen LogP contribution in [0.25, 0.3) is 0 Å². The monoisotopic (exact) mass is 683 g/mol. The molecule has 2 unspecified atom stereocenters. The molecule has 2 aromatic rings. The lowest BCUT2D eigenvalue weighted by Crippen LogP contribution is -2.55. The number of carboxylic acid groups (broad SMARTS) is 2. The molecule has 3 rings (SSSR count). The predicted octanol–water partition coefficient (Wildman–Crippen LogP) is 1.20. The van der Waals surface area contributed by atoms with Gasteiger partial charge in [0.05, 0.1) is 25.1 Å². The number of aliphatic hydroxyl groups is 1. The van der Waals surface area contributed by atoms with E-state index in [1.165, 1.54) is 0 Å². The number of hydrogen-bond donors (Lipinski definition) is 6. The summed E-state index contributed by atoms with van der Waals surface area (Å²) < 4.78 is 5.15. The first-order valence-corrected chi connectivity index (χ1v) is 16.2. The number of nitrogens with one attached hydrogen (secondary N) is 3. The van der Waals surface area contributed by atoms with E-state index in [9.17, 15) is 39.0 Å². The number of methoxy groups -OCH3 is 1. The van der Waals surface area contributed by atoms with Crippen molar-refractivity contribution < 1.29 is 48.8 Å². The number of pyridine rings is 1. The summed E-state index contributed by atoms with van der Waals surface area (Å²) in [5, 5.41) is 36.3. The van der Waals surface area contributed by atoms with Crippen LogP contribution in [0.3, 0.4) is 0 Å². The first-order valence-electron chi connectivity index (χ1n) is 16.2. The molecule has 266 valence electrons. The standard InChI is InChI=1S/C34H45N5O10/c1-4-20(2)31(24-7-5-6-16-35-24)33(47)37-25(13-15-29(42)43)34(48)39-19-22(17-26(39)32(46)38-28(41)18-30(44)45)36-27(40)14-10-21-8-11-23(49-3)12-9-21/h5-9,11-12,16,20,22,25-26,28,31,41H,4,10,13-15,17-19H2,1-3H3,(H,36,40)(H,37,47)(H,38,46)(H,42,43)(H,44,45)/t20?,22-,25-,26-,28+,31?/m0/s1. The number of carbonyl (C=O) groups excluding carboxylic acids is 4. The van der Waals surface area contributed by atoms with Crippen molar-refractivity contribution in [1.29, 1.82) is 0 Å².